The molecular formula is C19H23N3O2. The topological polar surface area (TPSA) is 82.9 Å². The van der Waals surface area contributed by atoms with Crippen LogP contribution in [0.2, 0.25) is 0 Å². The van der Waals surface area contributed by atoms with Crippen molar-refractivity contribution in [3.63, 3.8) is 0 Å². The van der Waals surface area contributed by atoms with Crippen LogP contribution in [0.3, 0.4) is 0 Å². The second-order valence-electron chi connectivity index (χ2n) is 8.39. The molecule has 0 radical (unpaired) electrons. The fraction of sp³-hybridized carbons (Fsp3) is 0.684. The van der Waals surface area contributed by atoms with Gasteiger partial charge in [-0.25, -0.2) is 0 Å². The molecule has 5 nitrogen and oxygen atoms in total. The van der Waals surface area contributed by atoms with Gasteiger partial charge in [0, 0.05) is 28.9 Å². The van der Waals surface area contributed by atoms with Gasteiger partial charge in [0.15, 0.2) is 5.78 Å². The number of allylic oxidation sites excluding steroid dienone is 3. The quantitative estimate of drug-likeness (QED) is 0.404. The maximum atomic E-state index is 12.5. The molecule has 0 spiro atoms. The summed E-state index contributed by atoms with van der Waals surface area (Å²) in [5, 5.41) is 3.93. The first-order chi connectivity index (χ1) is 11.4. The molecule has 0 heterocycles. The Morgan fingerprint density at radius 3 is 2.62 bits per heavy atom. The third-order valence-corrected chi connectivity index (χ3v) is 7.45. The maximum Gasteiger partial charge on any atom is 0.156 e. The van der Waals surface area contributed by atoms with Gasteiger partial charge in [0.2, 0.25) is 0 Å². The summed E-state index contributed by atoms with van der Waals surface area (Å²) in [5.74, 6) is 1.56. The number of nitrogens with zero attached hydrogens (tertiary/aromatic N) is 3. The Kier molecular flexibility index (Phi) is 3.30. The number of ketones is 2. The highest BCUT2D eigenvalue weighted by Crippen LogP contribution is 2.63. The van der Waals surface area contributed by atoms with Crippen molar-refractivity contribution in [1.82, 2.24) is 0 Å². The van der Waals surface area contributed by atoms with E-state index in [1.165, 1.54) is 0 Å². The zero-order chi connectivity index (χ0) is 17.1. The molecule has 0 aromatic rings. The molecule has 0 aromatic heterocycles. The van der Waals surface area contributed by atoms with Gasteiger partial charge in [0.25, 0.3) is 0 Å². The molecule has 0 N–H and O–H groups in total. The van der Waals surface area contributed by atoms with Crippen LogP contribution < -0.4 is 0 Å². The van der Waals surface area contributed by atoms with Gasteiger partial charge in [-0.1, -0.05) is 25.0 Å². The lowest BCUT2D eigenvalue weighted by Gasteiger charge is -2.55. The van der Waals surface area contributed by atoms with Crippen LogP contribution in [0, 0.1) is 28.6 Å². The number of azide groups is 1. The van der Waals surface area contributed by atoms with Gasteiger partial charge in [-0.3, -0.25) is 9.59 Å². The van der Waals surface area contributed by atoms with Gasteiger partial charge in [-0.2, -0.15) is 0 Å². The second-order valence-corrected chi connectivity index (χ2v) is 8.39. The van der Waals surface area contributed by atoms with E-state index in [9.17, 15) is 9.59 Å². The summed E-state index contributed by atoms with van der Waals surface area (Å²) < 4.78 is 0. The van der Waals surface area contributed by atoms with Crippen molar-refractivity contribution >= 4 is 11.6 Å². The molecule has 4 rings (SSSR count). The fourth-order valence-corrected chi connectivity index (χ4v) is 6.02. The Balaban J connectivity index is 1.87. The van der Waals surface area contributed by atoms with E-state index < -0.39 is 0 Å². The number of hydrogen-bond acceptors (Lipinski definition) is 3. The highest BCUT2D eigenvalue weighted by molar-refractivity contribution is 5.92. The maximum absolute atomic E-state index is 12.5. The summed E-state index contributed by atoms with van der Waals surface area (Å²) in [6.07, 6.45) is 8.72. The predicted molar refractivity (Wildman–Crippen MR) is 89.7 cm³/mol. The number of carbonyl (C=O) groups is 2. The fourth-order valence-electron chi connectivity index (χ4n) is 6.02. The molecule has 2 fully saturated rings. The van der Waals surface area contributed by atoms with Crippen LogP contribution in [0.4, 0.5) is 0 Å². The van der Waals surface area contributed by atoms with Crippen molar-refractivity contribution < 1.29 is 9.59 Å². The van der Waals surface area contributed by atoms with E-state index in [-0.39, 0.29) is 22.5 Å². The summed E-state index contributed by atoms with van der Waals surface area (Å²) in [7, 11) is 0. The average molecular weight is 325 g/mol. The Morgan fingerprint density at radius 2 is 1.88 bits per heavy atom. The molecule has 5 heteroatoms. The molecule has 126 valence electrons. The lowest BCUT2D eigenvalue weighted by molar-refractivity contribution is -0.130. The summed E-state index contributed by atoms with van der Waals surface area (Å²) in [5.41, 5.74) is 10.2. The molecule has 0 amide bonds. The number of hydrogen-bond donors (Lipinski definition) is 0. The Hall–Kier alpha value is -1.87. The van der Waals surface area contributed by atoms with Crippen molar-refractivity contribution in [2.45, 2.75) is 52.4 Å². The van der Waals surface area contributed by atoms with Gasteiger partial charge in [-0.05, 0) is 66.0 Å². The van der Waals surface area contributed by atoms with Crippen LogP contribution >= 0.6 is 0 Å². The molecule has 0 aromatic carbocycles. The Labute approximate surface area is 141 Å². The lowest BCUT2D eigenvalue weighted by atomic mass is 9.49. The molecule has 0 aliphatic heterocycles. The standard InChI is InChI=1S/C19H23N3O2/c1-18-7-5-11(23)9-15(18)16(21-22-20)10-12-13-3-4-17(24)19(13,2)8-6-14(12)18/h9-10,12-14H,3-8H2,1-2H3/t12-,13-,14-,18+,19-/m0/s1. The van der Waals surface area contributed by atoms with Crippen LogP contribution in [0.25, 0.3) is 10.4 Å². The zero-order valence-electron chi connectivity index (χ0n) is 14.3. The first-order valence-electron chi connectivity index (χ1n) is 8.96. The highest BCUT2D eigenvalue weighted by atomic mass is 16.1. The number of rotatable bonds is 1. The van der Waals surface area contributed by atoms with E-state index in [2.05, 4.69) is 29.9 Å². The van der Waals surface area contributed by atoms with Gasteiger partial charge in [-0.15, -0.1) is 0 Å². The third-order valence-electron chi connectivity index (χ3n) is 7.45. The number of carbonyl (C=O) groups excluding carboxylic acids is 2. The molecular weight excluding hydrogens is 302 g/mol. The molecule has 0 unspecified atom stereocenters. The van der Waals surface area contributed by atoms with E-state index in [0.717, 1.165) is 31.3 Å². The van der Waals surface area contributed by atoms with Crippen molar-refractivity contribution in [1.29, 1.82) is 0 Å². The Morgan fingerprint density at radius 1 is 1.12 bits per heavy atom. The second kappa shape index (κ2) is 5.06. The molecule has 4 aliphatic rings. The average Bonchev–Trinajstić information content (AvgIpc) is 2.85. The normalized spacial score (nSPS) is 43.8. The third kappa shape index (κ3) is 1.91. The van der Waals surface area contributed by atoms with Crippen molar-refractivity contribution in [2.24, 2.45) is 33.7 Å². The minimum absolute atomic E-state index is 0.121. The summed E-state index contributed by atoms with van der Waals surface area (Å²) in [6, 6.07) is 0. The molecule has 0 saturated heterocycles. The van der Waals surface area contributed by atoms with Crippen LogP contribution in [-0.2, 0) is 9.59 Å². The highest BCUT2D eigenvalue weighted by Gasteiger charge is 2.58. The van der Waals surface area contributed by atoms with Crippen molar-refractivity contribution in [3.05, 3.63) is 33.9 Å². The first-order valence-corrected chi connectivity index (χ1v) is 8.96. The van der Waals surface area contributed by atoms with Gasteiger partial charge < -0.3 is 0 Å². The molecule has 5 atom stereocenters. The van der Waals surface area contributed by atoms with Crippen LogP contribution in [-0.4, -0.2) is 11.6 Å². The van der Waals surface area contributed by atoms with Gasteiger partial charge in [0.05, 0.1) is 0 Å². The summed E-state index contributed by atoms with van der Waals surface area (Å²) in [4.78, 5) is 27.4. The number of Topliss-reactive ketones (excluding diaryl/α,β-unsaturated/α-hetero) is 1. The molecule has 0 bridgehead atoms. The zero-order valence-corrected chi connectivity index (χ0v) is 14.3. The minimum Gasteiger partial charge on any atom is -0.299 e. The van der Waals surface area contributed by atoms with Crippen LogP contribution in [0.15, 0.2) is 28.5 Å². The molecule has 2 saturated carbocycles. The number of fused-ring (bicyclic) bond motifs is 5. The van der Waals surface area contributed by atoms with Crippen LogP contribution in [0.5, 0.6) is 0 Å². The predicted octanol–water partition coefficient (Wildman–Crippen LogP) is 4.50. The Bertz CT molecular complexity index is 746. The minimum atomic E-state index is -0.221. The van der Waals surface area contributed by atoms with Crippen molar-refractivity contribution in [2.75, 3.05) is 0 Å². The van der Waals surface area contributed by atoms with E-state index in [4.69, 9.17) is 5.53 Å². The van der Waals surface area contributed by atoms with E-state index in [1.54, 1.807) is 6.08 Å². The largest absolute Gasteiger partial charge is 0.299 e. The molecule has 4 aliphatic carbocycles. The monoisotopic (exact) mass is 325 g/mol. The van der Waals surface area contributed by atoms with Gasteiger partial charge in [0.1, 0.15) is 5.78 Å². The SMILES string of the molecule is C[C@]12CCC(=O)C=C1C(N=[N+]=[N-])=C[C@@H]1[C@@H]2CC[C@]2(C)C(=O)CC[C@@H]12. The lowest BCUT2D eigenvalue weighted by Crippen LogP contribution is -2.49. The first kappa shape index (κ1) is 15.6. The van der Waals surface area contributed by atoms with E-state index in [0.29, 0.717) is 36.2 Å². The van der Waals surface area contributed by atoms with E-state index in [1.807, 2.05) is 0 Å². The smallest absolute Gasteiger partial charge is 0.156 e. The molecule has 24 heavy (non-hydrogen) atoms. The van der Waals surface area contributed by atoms with Gasteiger partial charge >= 0.3 is 0 Å². The summed E-state index contributed by atoms with van der Waals surface area (Å²) in [6.45, 7) is 4.35. The van der Waals surface area contributed by atoms with Crippen molar-refractivity contribution in [3.8, 4) is 0 Å². The van der Waals surface area contributed by atoms with Crippen LogP contribution in [0.1, 0.15) is 52.4 Å². The van der Waals surface area contributed by atoms with E-state index >= 15 is 0 Å². The summed E-state index contributed by atoms with van der Waals surface area (Å²) >= 11 is 0.